The molecule has 0 saturated heterocycles. The van der Waals surface area contributed by atoms with Gasteiger partial charge >= 0.3 is 0 Å². The van der Waals surface area contributed by atoms with Gasteiger partial charge in [0, 0.05) is 12.1 Å². The van der Waals surface area contributed by atoms with Gasteiger partial charge in [0.1, 0.15) is 11.5 Å². The highest BCUT2D eigenvalue weighted by Gasteiger charge is 2.25. The SMILES string of the molecule is COc1ccc(OCCC(=O)NC(C)(CN)CC(C)C)cc1. The number of carbonyl (C=O) groups is 1. The summed E-state index contributed by atoms with van der Waals surface area (Å²) in [6.07, 6.45) is 1.16. The molecule has 0 aliphatic carbocycles. The average molecular weight is 308 g/mol. The molecular weight excluding hydrogens is 280 g/mol. The Hall–Kier alpha value is -1.75. The number of hydrogen-bond donors (Lipinski definition) is 2. The van der Waals surface area contributed by atoms with Crippen LogP contribution in [0, 0.1) is 5.92 Å². The molecule has 5 heteroatoms. The Bertz CT molecular complexity index is 459. The second kappa shape index (κ2) is 8.63. The van der Waals surface area contributed by atoms with Crippen molar-refractivity contribution >= 4 is 5.91 Å². The third-order valence-electron chi connectivity index (χ3n) is 3.41. The first-order chi connectivity index (χ1) is 10.4. The Kier molecular flexibility index (Phi) is 7.18. The zero-order valence-corrected chi connectivity index (χ0v) is 14.0. The molecule has 0 aliphatic heterocycles. The van der Waals surface area contributed by atoms with Crippen LogP contribution in [0.4, 0.5) is 0 Å². The second-order valence-electron chi connectivity index (χ2n) is 6.18. The monoisotopic (exact) mass is 308 g/mol. The Morgan fingerprint density at radius 3 is 2.36 bits per heavy atom. The summed E-state index contributed by atoms with van der Waals surface area (Å²) in [5, 5.41) is 3.01. The summed E-state index contributed by atoms with van der Waals surface area (Å²) in [5.41, 5.74) is 5.44. The number of carbonyl (C=O) groups excluding carboxylic acids is 1. The van der Waals surface area contributed by atoms with Crippen LogP contribution in [0.1, 0.15) is 33.6 Å². The normalized spacial score (nSPS) is 13.5. The van der Waals surface area contributed by atoms with Crippen LogP contribution in [-0.2, 0) is 4.79 Å². The molecule has 1 amide bonds. The molecule has 0 bridgehead atoms. The van der Waals surface area contributed by atoms with Crippen molar-refractivity contribution in [1.82, 2.24) is 5.32 Å². The van der Waals surface area contributed by atoms with Crippen molar-refractivity contribution < 1.29 is 14.3 Å². The fraction of sp³-hybridized carbons (Fsp3) is 0.588. The molecule has 0 heterocycles. The van der Waals surface area contributed by atoms with Crippen molar-refractivity contribution in [3.8, 4) is 11.5 Å². The highest BCUT2D eigenvalue weighted by atomic mass is 16.5. The van der Waals surface area contributed by atoms with Crippen LogP contribution in [-0.4, -0.2) is 31.7 Å². The van der Waals surface area contributed by atoms with Gasteiger partial charge in [-0.25, -0.2) is 0 Å². The summed E-state index contributed by atoms with van der Waals surface area (Å²) in [5.74, 6) is 1.93. The van der Waals surface area contributed by atoms with E-state index >= 15 is 0 Å². The van der Waals surface area contributed by atoms with Gasteiger partial charge in [-0.3, -0.25) is 4.79 Å². The highest BCUT2D eigenvalue weighted by molar-refractivity contribution is 5.76. The smallest absolute Gasteiger partial charge is 0.223 e. The number of nitrogens with two attached hydrogens (primary N) is 1. The number of rotatable bonds is 9. The van der Waals surface area contributed by atoms with Gasteiger partial charge in [-0.05, 0) is 43.5 Å². The molecule has 1 rings (SSSR count). The zero-order chi connectivity index (χ0) is 16.6. The van der Waals surface area contributed by atoms with Crippen molar-refractivity contribution in [2.24, 2.45) is 11.7 Å². The maximum atomic E-state index is 12.0. The largest absolute Gasteiger partial charge is 0.497 e. The third kappa shape index (κ3) is 6.35. The predicted molar refractivity (Wildman–Crippen MR) is 88.2 cm³/mol. The van der Waals surface area contributed by atoms with Crippen LogP contribution < -0.4 is 20.5 Å². The molecule has 1 aromatic rings. The summed E-state index contributed by atoms with van der Waals surface area (Å²) in [7, 11) is 1.62. The number of nitrogens with one attached hydrogen (secondary N) is 1. The van der Waals surface area contributed by atoms with Crippen molar-refractivity contribution in [2.75, 3.05) is 20.3 Å². The van der Waals surface area contributed by atoms with Crippen LogP contribution in [0.5, 0.6) is 11.5 Å². The van der Waals surface area contributed by atoms with E-state index in [2.05, 4.69) is 19.2 Å². The Morgan fingerprint density at radius 1 is 1.27 bits per heavy atom. The minimum atomic E-state index is -0.356. The molecule has 0 aromatic heterocycles. The highest BCUT2D eigenvalue weighted by Crippen LogP contribution is 2.17. The minimum Gasteiger partial charge on any atom is -0.497 e. The summed E-state index contributed by atoms with van der Waals surface area (Å²) in [6.45, 7) is 6.98. The molecule has 0 fully saturated rings. The lowest BCUT2D eigenvalue weighted by Gasteiger charge is -2.31. The summed E-state index contributed by atoms with van der Waals surface area (Å²) in [4.78, 5) is 12.0. The number of amides is 1. The lowest BCUT2D eigenvalue weighted by molar-refractivity contribution is -0.123. The van der Waals surface area contributed by atoms with E-state index in [4.69, 9.17) is 15.2 Å². The van der Waals surface area contributed by atoms with Gasteiger partial charge in [0.2, 0.25) is 5.91 Å². The molecule has 1 unspecified atom stereocenters. The van der Waals surface area contributed by atoms with Crippen molar-refractivity contribution in [3.63, 3.8) is 0 Å². The number of benzene rings is 1. The van der Waals surface area contributed by atoms with Crippen molar-refractivity contribution in [3.05, 3.63) is 24.3 Å². The van der Waals surface area contributed by atoms with E-state index < -0.39 is 0 Å². The van der Waals surface area contributed by atoms with Gasteiger partial charge in [-0.1, -0.05) is 13.8 Å². The van der Waals surface area contributed by atoms with Gasteiger partial charge < -0.3 is 20.5 Å². The van der Waals surface area contributed by atoms with Crippen LogP contribution >= 0.6 is 0 Å². The Balaban J connectivity index is 2.38. The van der Waals surface area contributed by atoms with Crippen molar-refractivity contribution in [1.29, 1.82) is 0 Å². The quantitative estimate of drug-likeness (QED) is 0.734. The molecule has 5 nitrogen and oxygen atoms in total. The average Bonchev–Trinajstić information content (AvgIpc) is 2.47. The lowest BCUT2D eigenvalue weighted by atomic mass is 9.90. The number of ether oxygens (including phenoxy) is 2. The van der Waals surface area contributed by atoms with Crippen LogP contribution in [0.25, 0.3) is 0 Å². The first-order valence-corrected chi connectivity index (χ1v) is 7.66. The number of hydrogen-bond acceptors (Lipinski definition) is 4. The minimum absolute atomic E-state index is 0.0397. The molecule has 22 heavy (non-hydrogen) atoms. The standard InChI is InChI=1S/C17H28N2O3/c1-13(2)11-17(3,12-18)19-16(20)9-10-22-15-7-5-14(21-4)6-8-15/h5-8,13H,9-12,18H2,1-4H3,(H,19,20). The third-order valence-corrected chi connectivity index (χ3v) is 3.41. The fourth-order valence-corrected chi connectivity index (χ4v) is 2.42. The van der Waals surface area contributed by atoms with Gasteiger partial charge in [0.15, 0.2) is 0 Å². The van der Waals surface area contributed by atoms with E-state index in [1.54, 1.807) is 7.11 Å². The molecule has 0 spiro atoms. The first-order valence-electron chi connectivity index (χ1n) is 7.66. The molecule has 3 N–H and O–H groups in total. The molecule has 124 valence electrons. The molecular formula is C17H28N2O3. The molecule has 0 saturated carbocycles. The van der Waals surface area contributed by atoms with Gasteiger partial charge in [-0.15, -0.1) is 0 Å². The number of methoxy groups -OCH3 is 1. The lowest BCUT2D eigenvalue weighted by Crippen LogP contribution is -2.52. The fourth-order valence-electron chi connectivity index (χ4n) is 2.42. The summed E-state index contributed by atoms with van der Waals surface area (Å²) in [6, 6.07) is 7.28. The van der Waals surface area contributed by atoms with Gasteiger partial charge in [0.25, 0.3) is 0 Å². The van der Waals surface area contributed by atoms with Crippen LogP contribution in [0.2, 0.25) is 0 Å². The topological polar surface area (TPSA) is 73.6 Å². The summed E-state index contributed by atoms with van der Waals surface area (Å²) < 4.78 is 10.6. The van der Waals surface area contributed by atoms with E-state index in [9.17, 15) is 4.79 Å². The van der Waals surface area contributed by atoms with E-state index in [0.717, 1.165) is 17.9 Å². The van der Waals surface area contributed by atoms with Gasteiger partial charge in [-0.2, -0.15) is 0 Å². The second-order valence-corrected chi connectivity index (χ2v) is 6.18. The van der Waals surface area contributed by atoms with E-state index in [1.165, 1.54) is 0 Å². The maximum absolute atomic E-state index is 12.0. The molecule has 0 aliphatic rings. The Morgan fingerprint density at radius 2 is 1.86 bits per heavy atom. The van der Waals surface area contributed by atoms with Gasteiger partial charge in [0.05, 0.1) is 20.1 Å². The molecule has 0 radical (unpaired) electrons. The van der Waals surface area contributed by atoms with E-state index in [1.807, 2.05) is 31.2 Å². The summed E-state index contributed by atoms with van der Waals surface area (Å²) >= 11 is 0. The van der Waals surface area contributed by atoms with Crippen molar-refractivity contribution in [2.45, 2.75) is 39.2 Å². The zero-order valence-electron chi connectivity index (χ0n) is 14.0. The van der Waals surface area contributed by atoms with E-state index in [-0.39, 0.29) is 11.4 Å². The maximum Gasteiger partial charge on any atom is 0.223 e. The van der Waals surface area contributed by atoms with E-state index in [0.29, 0.717) is 25.5 Å². The van der Waals surface area contributed by atoms with Crippen LogP contribution in [0.15, 0.2) is 24.3 Å². The first kappa shape index (κ1) is 18.3. The van der Waals surface area contributed by atoms with Crippen LogP contribution in [0.3, 0.4) is 0 Å². The predicted octanol–water partition coefficient (Wildman–Crippen LogP) is 2.34. The molecule has 1 aromatic carbocycles. The molecule has 1 atom stereocenters. The Labute approximate surface area is 133 Å².